The molecular formula is C13H17N3O3S3. The number of carbonyl (C=O) groups excluding carboxylic acids is 2. The topological polar surface area (TPSA) is 71.5 Å². The number of thiocarbonyl (C=S) groups is 1. The summed E-state index contributed by atoms with van der Waals surface area (Å²) in [5, 5.41) is 3.16. The number of amides is 1. The van der Waals surface area contributed by atoms with E-state index < -0.39 is 0 Å². The van der Waals surface area contributed by atoms with Crippen LogP contribution < -0.4 is 5.32 Å². The third kappa shape index (κ3) is 4.73. The first-order valence-electron chi connectivity index (χ1n) is 6.75. The van der Waals surface area contributed by atoms with Crippen LogP contribution in [0.1, 0.15) is 22.3 Å². The number of carbonyl (C=O) groups is 2. The fourth-order valence-electron chi connectivity index (χ4n) is 1.90. The molecule has 0 radical (unpaired) electrons. The Kier molecular flexibility index (Phi) is 6.30. The highest BCUT2D eigenvalue weighted by Crippen LogP contribution is 2.23. The van der Waals surface area contributed by atoms with Crippen molar-refractivity contribution >= 4 is 56.5 Å². The van der Waals surface area contributed by atoms with E-state index in [9.17, 15) is 9.59 Å². The number of thioether (sulfide) groups is 1. The molecule has 22 heavy (non-hydrogen) atoms. The Bertz CT molecular complexity index is 582. The first-order valence-corrected chi connectivity index (χ1v) is 8.96. The molecule has 1 aliphatic rings. The van der Waals surface area contributed by atoms with Gasteiger partial charge < -0.3 is 15.0 Å². The standard InChI is InChI=1S/C13H17N3O3S3/c1-8-11(9(2)17)22-12(14-8)15-10(18)7-21-13(20)16-3-5-19-6-4-16/h3-7H2,1-2H3,(H,14,15,18). The third-order valence-corrected chi connectivity index (χ3v) is 5.66. The monoisotopic (exact) mass is 359 g/mol. The Hall–Kier alpha value is -1.03. The van der Waals surface area contributed by atoms with Crippen molar-refractivity contribution in [1.29, 1.82) is 0 Å². The van der Waals surface area contributed by atoms with Crippen LogP contribution in [-0.2, 0) is 9.53 Å². The Balaban J connectivity index is 1.81. The van der Waals surface area contributed by atoms with E-state index in [0.717, 1.165) is 13.1 Å². The zero-order valence-corrected chi connectivity index (χ0v) is 14.8. The van der Waals surface area contributed by atoms with Gasteiger partial charge in [-0.1, -0.05) is 35.3 Å². The van der Waals surface area contributed by atoms with Gasteiger partial charge in [-0.3, -0.25) is 9.59 Å². The number of morpholine rings is 1. The van der Waals surface area contributed by atoms with Gasteiger partial charge >= 0.3 is 0 Å². The molecule has 1 aliphatic heterocycles. The molecule has 0 bridgehead atoms. The van der Waals surface area contributed by atoms with E-state index >= 15 is 0 Å². The number of ether oxygens (including phenoxy) is 1. The molecule has 1 amide bonds. The lowest BCUT2D eigenvalue weighted by molar-refractivity contribution is -0.113. The molecule has 0 saturated carbocycles. The van der Waals surface area contributed by atoms with Crippen LogP contribution in [0.5, 0.6) is 0 Å². The summed E-state index contributed by atoms with van der Waals surface area (Å²) in [6.45, 7) is 6.11. The largest absolute Gasteiger partial charge is 0.378 e. The summed E-state index contributed by atoms with van der Waals surface area (Å²) < 4.78 is 5.97. The predicted molar refractivity (Wildman–Crippen MR) is 92.9 cm³/mol. The molecule has 2 rings (SSSR count). The van der Waals surface area contributed by atoms with Crippen molar-refractivity contribution < 1.29 is 14.3 Å². The quantitative estimate of drug-likeness (QED) is 0.651. The van der Waals surface area contributed by atoms with Gasteiger partial charge in [-0.05, 0) is 6.92 Å². The minimum atomic E-state index is -0.176. The van der Waals surface area contributed by atoms with E-state index in [1.807, 2.05) is 4.90 Å². The van der Waals surface area contributed by atoms with Gasteiger partial charge in [0, 0.05) is 20.0 Å². The van der Waals surface area contributed by atoms with Crippen molar-refractivity contribution in [2.75, 3.05) is 37.4 Å². The highest BCUT2D eigenvalue weighted by molar-refractivity contribution is 8.23. The number of rotatable bonds is 4. The van der Waals surface area contributed by atoms with Gasteiger partial charge in [-0.25, -0.2) is 4.98 Å². The number of thiazole rings is 1. The Morgan fingerprint density at radius 1 is 1.45 bits per heavy atom. The Morgan fingerprint density at radius 3 is 2.73 bits per heavy atom. The number of nitrogens with zero attached hydrogens (tertiary/aromatic N) is 2. The molecule has 1 fully saturated rings. The summed E-state index contributed by atoms with van der Waals surface area (Å²) in [6, 6.07) is 0. The number of Topliss-reactive ketones (excluding diaryl/α,β-unsaturated/α-hetero) is 1. The molecule has 1 N–H and O–H groups in total. The second-order valence-electron chi connectivity index (χ2n) is 4.69. The van der Waals surface area contributed by atoms with Crippen LogP contribution >= 0.6 is 35.3 Å². The third-order valence-electron chi connectivity index (χ3n) is 2.96. The molecule has 0 spiro atoms. The number of nitrogens with one attached hydrogen (secondary N) is 1. The van der Waals surface area contributed by atoms with Gasteiger partial charge in [-0.2, -0.15) is 0 Å². The Labute approximate surface area is 142 Å². The van der Waals surface area contributed by atoms with Crippen molar-refractivity contribution in [3.05, 3.63) is 10.6 Å². The molecule has 1 aromatic heterocycles. The van der Waals surface area contributed by atoms with Crippen LogP contribution in [0, 0.1) is 6.92 Å². The van der Waals surface area contributed by atoms with Crippen LogP contribution in [0.15, 0.2) is 0 Å². The number of hydrogen-bond acceptors (Lipinski definition) is 7. The van der Waals surface area contributed by atoms with E-state index in [2.05, 4.69) is 10.3 Å². The summed E-state index contributed by atoms with van der Waals surface area (Å²) in [7, 11) is 0. The minimum Gasteiger partial charge on any atom is -0.378 e. The second kappa shape index (κ2) is 8.00. The average Bonchev–Trinajstić information content (AvgIpc) is 2.86. The van der Waals surface area contributed by atoms with Crippen molar-refractivity contribution in [2.45, 2.75) is 13.8 Å². The first-order chi connectivity index (χ1) is 10.5. The summed E-state index contributed by atoms with van der Waals surface area (Å²) in [4.78, 5) is 30.1. The number of hydrogen-bond donors (Lipinski definition) is 1. The highest BCUT2D eigenvalue weighted by Gasteiger charge is 2.17. The maximum atomic E-state index is 11.9. The predicted octanol–water partition coefficient (Wildman–Crippen LogP) is 1.94. The van der Waals surface area contributed by atoms with Crippen molar-refractivity contribution in [1.82, 2.24) is 9.88 Å². The molecule has 0 atom stereocenters. The zero-order chi connectivity index (χ0) is 16.1. The molecule has 2 heterocycles. The van der Waals surface area contributed by atoms with Gasteiger partial charge in [0.1, 0.15) is 4.32 Å². The number of aryl methyl sites for hydroxylation is 1. The molecule has 1 aromatic rings. The summed E-state index contributed by atoms with van der Waals surface area (Å²) in [5.74, 6) is 0.00681. The van der Waals surface area contributed by atoms with Crippen molar-refractivity contribution in [3.63, 3.8) is 0 Å². The van der Waals surface area contributed by atoms with E-state index in [-0.39, 0.29) is 17.4 Å². The summed E-state index contributed by atoms with van der Waals surface area (Å²) in [6.07, 6.45) is 0. The molecular weight excluding hydrogens is 342 g/mol. The van der Waals surface area contributed by atoms with Gasteiger partial charge in [-0.15, -0.1) is 0 Å². The normalized spacial score (nSPS) is 14.7. The number of aromatic nitrogens is 1. The lowest BCUT2D eigenvalue weighted by atomic mass is 10.3. The molecule has 120 valence electrons. The van der Waals surface area contributed by atoms with Gasteiger partial charge in [0.2, 0.25) is 5.91 Å². The van der Waals surface area contributed by atoms with E-state index in [1.165, 1.54) is 30.0 Å². The molecule has 0 aliphatic carbocycles. The maximum absolute atomic E-state index is 11.9. The van der Waals surface area contributed by atoms with Crippen LogP contribution in [0.2, 0.25) is 0 Å². The lowest BCUT2D eigenvalue weighted by Crippen LogP contribution is -2.39. The fraction of sp³-hybridized carbons (Fsp3) is 0.538. The second-order valence-corrected chi connectivity index (χ2v) is 7.30. The van der Waals surface area contributed by atoms with Crippen molar-refractivity contribution in [3.8, 4) is 0 Å². The zero-order valence-electron chi connectivity index (χ0n) is 12.4. The van der Waals surface area contributed by atoms with E-state index in [1.54, 1.807) is 6.92 Å². The minimum absolute atomic E-state index is 0.0432. The van der Waals surface area contributed by atoms with E-state index in [0.29, 0.717) is 33.2 Å². The highest BCUT2D eigenvalue weighted by atomic mass is 32.2. The maximum Gasteiger partial charge on any atom is 0.236 e. The average molecular weight is 359 g/mol. The first kappa shape index (κ1) is 17.3. The number of ketones is 1. The molecule has 9 heteroatoms. The SMILES string of the molecule is CC(=O)c1sc(NC(=O)CSC(=S)N2CCOCC2)nc1C. The van der Waals surface area contributed by atoms with Gasteiger partial charge in [0.05, 0.1) is 29.5 Å². The van der Waals surface area contributed by atoms with Crippen LogP contribution in [0.3, 0.4) is 0 Å². The van der Waals surface area contributed by atoms with Crippen molar-refractivity contribution in [2.24, 2.45) is 0 Å². The summed E-state index contributed by atoms with van der Waals surface area (Å²) in [5.41, 5.74) is 0.643. The van der Waals surface area contributed by atoms with Crippen LogP contribution in [0.25, 0.3) is 0 Å². The van der Waals surface area contributed by atoms with Gasteiger partial charge in [0.25, 0.3) is 0 Å². The van der Waals surface area contributed by atoms with E-state index in [4.69, 9.17) is 17.0 Å². The lowest BCUT2D eigenvalue weighted by Gasteiger charge is -2.28. The van der Waals surface area contributed by atoms with Crippen LogP contribution in [-0.4, -0.2) is 58.0 Å². The summed E-state index contributed by atoms with van der Waals surface area (Å²) >= 11 is 7.84. The molecule has 1 saturated heterocycles. The molecule has 0 aromatic carbocycles. The Morgan fingerprint density at radius 2 is 2.14 bits per heavy atom. The van der Waals surface area contributed by atoms with Gasteiger partial charge in [0.15, 0.2) is 10.9 Å². The fourth-order valence-corrected chi connectivity index (χ4v) is 3.83. The smallest absolute Gasteiger partial charge is 0.236 e. The van der Waals surface area contributed by atoms with Crippen LogP contribution in [0.4, 0.5) is 5.13 Å². The molecule has 0 unspecified atom stereocenters. The number of anilines is 1. The molecule has 6 nitrogen and oxygen atoms in total.